The molecule has 1 N–H and O–H groups in total. The number of carbonyl (C=O) groups excluding carboxylic acids is 1. The number of hydrogen-bond donors (Lipinski definition) is 1. The van der Waals surface area contributed by atoms with Crippen molar-refractivity contribution >= 4 is 22.6 Å². The van der Waals surface area contributed by atoms with Crippen molar-refractivity contribution in [1.29, 1.82) is 0 Å². The summed E-state index contributed by atoms with van der Waals surface area (Å²) in [5, 5.41) is 3.35. The minimum absolute atomic E-state index is 0.0143. The molecule has 1 amide bonds. The molecule has 6 nitrogen and oxygen atoms in total. The fourth-order valence-corrected chi connectivity index (χ4v) is 2.96. The molecule has 0 aliphatic carbocycles. The molecule has 150 valence electrons. The quantitative estimate of drug-likeness (QED) is 0.544. The lowest BCUT2D eigenvalue weighted by molar-refractivity contribution is -0.137. The van der Waals surface area contributed by atoms with Gasteiger partial charge in [-0.15, -0.1) is 0 Å². The zero-order valence-electron chi connectivity index (χ0n) is 15.4. The summed E-state index contributed by atoms with van der Waals surface area (Å²) in [6.07, 6.45) is -0.0849. The monoisotopic (exact) mass is 409 g/mol. The Morgan fingerprint density at radius 2 is 1.87 bits per heavy atom. The number of aromatic nitrogens is 4. The Balaban J connectivity index is 1.67. The molecule has 0 atom stereocenters. The van der Waals surface area contributed by atoms with E-state index in [0.29, 0.717) is 22.3 Å². The molecule has 0 saturated carbocycles. The highest BCUT2D eigenvalue weighted by Gasteiger charge is 2.30. The van der Waals surface area contributed by atoms with Crippen LogP contribution in [0.2, 0.25) is 0 Å². The molecule has 0 fully saturated rings. The van der Waals surface area contributed by atoms with Crippen molar-refractivity contribution in [3.8, 4) is 11.4 Å². The fourth-order valence-electron chi connectivity index (χ4n) is 2.96. The van der Waals surface area contributed by atoms with E-state index in [2.05, 4.69) is 25.3 Å². The van der Waals surface area contributed by atoms with Crippen LogP contribution in [0.1, 0.15) is 11.1 Å². The predicted octanol–water partition coefficient (Wildman–Crippen LogP) is 4.29. The maximum atomic E-state index is 13.0. The predicted molar refractivity (Wildman–Crippen MR) is 104 cm³/mol. The normalized spacial score (nSPS) is 11.4. The number of nitrogens with one attached hydrogen (secondary N) is 1. The van der Waals surface area contributed by atoms with Gasteiger partial charge >= 0.3 is 6.18 Å². The van der Waals surface area contributed by atoms with E-state index in [9.17, 15) is 18.0 Å². The van der Waals surface area contributed by atoms with Crippen LogP contribution >= 0.6 is 0 Å². The number of benzene rings is 2. The summed E-state index contributed by atoms with van der Waals surface area (Å²) in [5.41, 5.74) is 0.584. The minimum atomic E-state index is -4.46. The lowest BCUT2D eigenvalue weighted by Gasteiger charge is -2.10. The van der Waals surface area contributed by atoms with E-state index in [4.69, 9.17) is 0 Å². The number of nitrogens with zero attached hydrogens (tertiary/aromatic N) is 4. The van der Waals surface area contributed by atoms with E-state index in [1.54, 1.807) is 24.3 Å². The molecule has 0 unspecified atom stereocenters. The Morgan fingerprint density at radius 3 is 2.63 bits per heavy atom. The first-order valence-corrected chi connectivity index (χ1v) is 8.88. The fraction of sp³-hybridized carbons (Fsp3) is 0.0952. The third-order valence-electron chi connectivity index (χ3n) is 4.34. The van der Waals surface area contributed by atoms with Gasteiger partial charge in [0.1, 0.15) is 12.1 Å². The zero-order valence-corrected chi connectivity index (χ0v) is 15.4. The van der Waals surface area contributed by atoms with Crippen molar-refractivity contribution in [2.24, 2.45) is 0 Å². The number of para-hydroxylation sites is 1. The maximum Gasteiger partial charge on any atom is 0.416 e. The molecule has 2 aromatic heterocycles. The molecule has 9 heteroatoms. The second-order valence-electron chi connectivity index (χ2n) is 6.45. The van der Waals surface area contributed by atoms with Crippen LogP contribution in [0.25, 0.3) is 22.3 Å². The SMILES string of the molecule is O=C(Cc1cccc2cnc(-c3cccc(C(F)(F)F)c3)nc12)Nc1ccncn1. The standard InChI is InChI=1S/C21H14F3N5O/c22-21(23,24)16-6-2-4-14(9-16)20-26-11-15-5-1-3-13(19(15)29-20)10-18(30)28-17-7-8-25-12-27-17/h1-9,11-12H,10H2,(H,25,27,28,30). The number of amides is 1. The molecule has 0 saturated heterocycles. The van der Waals surface area contributed by atoms with Gasteiger partial charge in [0.25, 0.3) is 0 Å². The first-order valence-electron chi connectivity index (χ1n) is 8.88. The molecule has 30 heavy (non-hydrogen) atoms. The van der Waals surface area contributed by atoms with Gasteiger partial charge in [-0.1, -0.05) is 30.3 Å². The van der Waals surface area contributed by atoms with Gasteiger partial charge in [0.15, 0.2) is 5.82 Å². The average molecular weight is 409 g/mol. The average Bonchev–Trinajstić information content (AvgIpc) is 2.74. The van der Waals surface area contributed by atoms with Gasteiger partial charge in [0.2, 0.25) is 5.91 Å². The van der Waals surface area contributed by atoms with E-state index >= 15 is 0 Å². The minimum Gasteiger partial charge on any atom is -0.310 e. The number of hydrogen-bond acceptors (Lipinski definition) is 5. The van der Waals surface area contributed by atoms with Gasteiger partial charge in [0.05, 0.1) is 17.5 Å². The Hall–Kier alpha value is -3.88. The van der Waals surface area contributed by atoms with Crippen molar-refractivity contribution in [2.45, 2.75) is 12.6 Å². The van der Waals surface area contributed by atoms with Crippen LogP contribution < -0.4 is 5.32 Å². The Morgan fingerprint density at radius 1 is 1.03 bits per heavy atom. The second-order valence-corrected chi connectivity index (χ2v) is 6.45. The van der Waals surface area contributed by atoms with E-state index in [0.717, 1.165) is 12.1 Å². The maximum absolute atomic E-state index is 13.0. The Kier molecular flexibility index (Phi) is 5.09. The number of halogens is 3. The van der Waals surface area contributed by atoms with Crippen LogP contribution in [-0.2, 0) is 17.4 Å². The third-order valence-corrected chi connectivity index (χ3v) is 4.34. The smallest absolute Gasteiger partial charge is 0.310 e. The highest BCUT2D eigenvalue weighted by Crippen LogP contribution is 2.31. The number of carbonyl (C=O) groups is 1. The van der Waals surface area contributed by atoms with Crippen molar-refractivity contribution in [1.82, 2.24) is 19.9 Å². The van der Waals surface area contributed by atoms with Gasteiger partial charge in [-0.2, -0.15) is 13.2 Å². The molecule has 0 radical (unpaired) electrons. The summed E-state index contributed by atoms with van der Waals surface area (Å²) in [7, 11) is 0. The molecule has 2 aromatic carbocycles. The topological polar surface area (TPSA) is 80.7 Å². The number of anilines is 1. The lowest BCUT2D eigenvalue weighted by atomic mass is 10.1. The first-order chi connectivity index (χ1) is 14.4. The zero-order chi connectivity index (χ0) is 21.1. The van der Waals surface area contributed by atoms with Crippen LogP contribution in [0.15, 0.2) is 67.3 Å². The molecule has 4 aromatic rings. The molecule has 0 aliphatic heterocycles. The Labute approximate surface area is 168 Å². The summed E-state index contributed by atoms with van der Waals surface area (Å²) in [5.74, 6) is 0.215. The number of fused-ring (bicyclic) bond motifs is 1. The van der Waals surface area contributed by atoms with Crippen molar-refractivity contribution in [3.63, 3.8) is 0 Å². The molecule has 0 aliphatic rings. The lowest BCUT2D eigenvalue weighted by Crippen LogP contribution is -2.15. The third kappa shape index (κ3) is 4.24. The van der Waals surface area contributed by atoms with Crippen molar-refractivity contribution < 1.29 is 18.0 Å². The Bertz CT molecular complexity index is 1210. The molecule has 2 heterocycles. The van der Waals surface area contributed by atoms with E-state index in [-0.39, 0.29) is 23.7 Å². The van der Waals surface area contributed by atoms with Crippen LogP contribution in [0.4, 0.5) is 19.0 Å². The molecular weight excluding hydrogens is 395 g/mol. The molecule has 4 rings (SSSR count). The van der Waals surface area contributed by atoms with Gasteiger partial charge < -0.3 is 5.32 Å². The van der Waals surface area contributed by atoms with E-state index in [1.165, 1.54) is 30.9 Å². The van der Waals surface area contributed by atoms with E-state index in [1.807, 2.05) is 0 Å². The van der Waals surface area contributed by atoms with Gasteiger partial charge in [-0.3, -0.25) is 4.79 Å². The number of rotatable bonds is 4. The summed E-state index contributed by atoms with van der Waals surface area (Å²) in [4.78, 5) is 28.8. The first kappa shape index (κ1) is 19.4. The molecule has 0 spiro atoms. The summed E-state index contributed by atoms with van der Waals surface area (Å²) >= 11 is 0. The van der Waals surface area contributed by atoms with Gasteiger partial charge in [-0.25, -0.2) is 19.9 Å². The van der Waals surface area contributed by atoms with Crippen molar-refractivity contribution in [3.05, 3.63) is 78.4 Å². The van der Waals surface area contributed by atoms with Crippen LogP contribution in [0.5, 0.6) is 0 Å². The number of alkyl halides is 3. The molecule has 0 bridgehead atoms. The largest absolute Gasteiger partial charge is 0.416 e. The summed E-state index contributed by atoms with van der Waals surface area (Å²) in [6.45, 7) is 0. The highest BCUT2D eigenvalue weighted by molar-refractivity contribution is 5.94. The van der Waals surface area contributed by atoms with Gasteiger partial charge in [0, 0.05) is 23.3 Å². The van der Waals surface area contributed by atoms with Crippen molar-refractivity contribution in [2.75, 3.05) is 5.32 Å². The summed E-state index contributed by atoms with van der Waals surface area (Å²) in [6, 6.07) is 11.7. The van der Waals surface area contributed by atoms with Crippen LogP contribution in [0, 0.1) is 0 Å². The van der Waals surface area contributed by atoms with Crippen LogP contribution in [-0.4, -0.2) is 25.8 Å². The van der Waals surface area contributed by atoms with Gasteiger partial charge in [-0.05, 0) is 23.8 Å². The molecular formula is C21H14F3N5O. The van der Waals surface area contributed by atoms with Crippen LogP contribution in [0.3, 0.4) is 0 Å². The van der Waals surface area contributed by atoms with E-state index < -0.39 is 11.7 Å². The summed E-state index contributed by atoms with van der Waals surface area (Å²) < 4.78 is 39.1. The highest BCUT2D eigenvalue weighted by atomic mass is 19.4. The second kappa shape index (κ2) is 7.86.